The number of hydrogen-bond donors (Lipinski definition) is 2. The molecule has 1 unspecified atom stereocenters. The summed E-state index contributed by atoms with van der Waals surface area (Å²) in [5, 5.41) is 11.2. The molecular weight excluding hydrogens is 270 g/mol. The number of aromatic nitrogens is 1. The average Bonchev–Trinajstić information content (AvgIpc) is 2.48. The molecule has 0 radical (unpaired) electrons. The molecule has 1 atom stereocenters. The molecule has 2 N–H and O–H groups in total. The molecule has 114 valence electrons. The maximum absolute atomic E-state index is 11.9. The van der Waals surface area contributed by atoms with Gasteiger partial charge in [0.15, 0.2) is 0 Å². The van der Waals surface area contributed by atoms with Crippen LogP contribution in [-0.2, 0) is 4.79 Å². The fourth-order valence-corrected chi connectivity index (χ4v) is 2.29. The summed E-state index contributed by atoms with van der Waals surface area (Å²) in [7, 11) is 0. The van der Waals surface area contributed by atoms with Gasteiger partial charge in [-0.3, -0.25) is 9.59 Å². The summed E-state index contributed by atoms with van der Waals surface area (Å²) < 4.78 is 0. The molecule has 1 fully saturated rings. The van der Waals surface area contributed by atoms with Gasteiger partial charge in [0.05, 0.1) is 5.56 Å². The third-order valence-electron chi connectivity index (χ3n) is 3.84. The standard InChI is InChI=1S/C15H21N3O3/c1-10-5-7-18(8-6-10)13-4-3-12(9-16-13)14(19)17-11(2)15(20)21/h3-4,9-11H,5-8H2,1-2H3,(H,17,19)(H,20,21). The predicted octanol–water partition coefficient (Wildman–Crippen LogP) is 1.52. The molecule has 2 rings (SSSR count). The largest absolute Gasteiger partial charge is 0.480 e. The molecule has 1 amide bonds. The fourth-order valence-electron chi connectivity index (χ4n) is 2.29. The molecule has 1 saturated heterocycles. The summed E-state index contributed by atoms with van der Waals surface area (Å²) in [6, 6.07) is 2.58. The van der Waals surface area contributed by atoms with E-state index >= 15 is 0 Å². The van der Waals surface area contributed by atoms with Gasteiger partial charge in [-0.25, -0.2) is 4.98 Å². The van der Waals surface area contributed by atoms with Gasteiger partial charge >= 0.3 is 5.97 Å². The number of nitrogens with zero attached hydrogens (tertiary/aromatic N) is 2. The Labute approximate surface area is 124 Å². The molecule has 0 spiro atoms. The first kappa shape index (κ1) is 15.3. The number of anilines is 1. The van der Waals surface area contributed by atoms with Gasteiger partial charge in [-0.2, -0.15) is 0 Å². The van der Waals surface area contributed by atoms with E-state index in [1.165, 1.54) is 13.1 Å². The quantitative estimate of drug-likeness (QED) is 0.879. The van der Waals surface area contributed by atoms with E-state index in [1.54, 1.807) is 6.07 Å². The van der Waals surface area contributed by atoms with Crippen LogP contribution in [0.3, 0.4) is 0 Å². The Kier molecular flexibility index (Phi) is 4.77. The molecule has 0 saturated carbocycles. The highest BCUT2D eigenvalue weighted by Crippen LogP contribution is 2.21. The van der Waals surface area contributed by atoms with Gasteiger partial charge in [-0.1, -0.05) is 6.92 Å². The van der Waals surface area contributed by atoms with Crippen molar-refractivity contribution in [3.63, 3.8) is 0 Å². The molecule has 6 nitrogen and oxygen atoms in total. The number of carboxylic acid groups (broad SMARTS) is 1. The summed E-state index contributed by atoms with van der Waals surface area (Å²) in [6.45, 7) is 5.64. The van der Waals surface area contributed by atoms with Gasteiger partial charge < -0.3 is 15.3 Å². The molecular formula is C15H21N3O3. The van der Waals surface area contributed by atoms with Gasteiger partial charge in [0.1, 0.15) is 11.9 Å². The topological polar surface area (TPSA) is 82.5 Å². The number of carbonyl (C=O) groups is 2. The van der Waals surface area contributed by atoms with Crippen molar-refractivity contribution in [3.8, 4) is 0 Å². The predicted molar refractivity (Wildman–Crippen MR) is 79.4 cm³/mol. The first-order chi connectivity index (χ1) is 9.97. The average molecular weight is 291 g/mol. The Morgan fingerprint density at radius 3 is 2.57 bits per heavy atom. The fraction of sp³-hybridized carbons (Fsp3) is 0.533. The highest BCUT2D eigenvalue weighted by molar-refractivity contribution is 5.96. The van der Waals surface area contributed by atoms with E-state index in [0.29, 0.717) is 5.56 Å². The van der Waals surface area contributed by atoms with Crippen molar-refractivity contribution in [3.05, 3.63) is 23.9 Å². The van der Waals surface area contributed by atoms with E-state index in [9.17, 15) is 9.59 Å². The van der Waals surface area contributed by atoms with Crippen LogP contribution in [0.1, 0.15) is 37.0 Å². The summed E-state index contributed by atoms with van der Waals surface area (Å²) in [5.74, 6) is 0.139. The van der Waals surface area contributed by atoms with Gasteiger partial charge in [0, 0.05) is 19.3 Å². The van der Waals surface area contributed by atoms with Crippen molar-refractivity contribution in [2.45, 2.75) is 32.7 Å². The van der Waals surface area contributed by atoms with Crippen LogP contribution in [0.2, 0.25) is 0 Å². The normalized spacial score (nSPS) is 17.3. The molecule has 2 heterocycles. The Bertz CT molecular complexity index is 507. The van der Waals surface area contributed by atoms with E-state index in [1.807, 2.05) is 6.07 Å². The monoisotopic (exact) mass is 291 g/mol. The zero-order valence-electron chi connectivity index (χ0n) is 12.4. The van der Waals surface area contributed by atoms with Gasteiger partial charge in [0.2, 0.25) is 0 Å². The zero-order valence-corrected chi connectivity index (χ0v) is 12.4. The molecule has 21 heavy (non-hydrogen) atoms. The molecule has 1 aliphatic rings. The lowest BCUT2D eigenvalue weighted by molar-refractivity contribution is -0.138. The van der Waals surface area contributed by atoms with Crippen LogP contribution in [0.25, 0.3) is 0 Å². The van der Waals surface area contributed by atoms with Crippen molar-refractivity contribution in [2.24, 2.45) is 5.92 Å². The smallest absolute Gasteiger partial charge is 0.325 e. The number of carboxylic acids is 1. The van der Waals surface area contributed by atoms with Crippen LogP contribution >= 0.6 is 0 Å². The molecule has 1 aromatic heterocycles. The molecule has 1 aliphatic heterocycles. The van der Waals surface area contributed by atoms with Crippen molar-refractivity contribution >= 4 is 17.7 Å². The molecule has 0 aliphatic carbocycles. The van der Waals surface area contributed by atoms with E-state index < -0.39 is 17.9 Å². The van der Waals surface area contributed by atoms with Crippen molar-refractivity contribution < 1.29 is 14.7 Å². The van der Waals surface area contributed by atoms with E-state index in [2.05, 4.69) is 22.1 Å². The second-order valence-electron chi connectivity index (χ2n) is 5.61. The number of amides is 1. The molecule has 1 aromatic rings. The highest BCUT2D eigenvalue weighted by Gasteiger charge is 2.18. The van der Waals surface area contributed by atoms with E-state index in [4.69, 9.17) is 5.11 Å². The van der Waals surface area contributed by atoms with Crippen LogP contribution in [0.5, 0.6) is 0 Å². The number of aliphatic carboxylic acids is 1. The maximum atomic E-state index is 11.9. The SMILES string of the molecule is CC1CCN(c2ccc(C(=O)NC(C)C(=O)O)cn2)CC1. The Hall–Kier alpha value is -2.11. The number of piperidine rings is 1. The maximum Gasteiger partial charge on any atom is 0.325 e. The lowest BCUT2D eigenvalue weighted by Gasteiger charge is -2.31. The molecule has 6 heteroatoms. The lowest BCUT2D eigenvalue weighted by atomic mass is 9.99. The number of rotatable bonds is 4. The summed E-state index contributed by atoms with van der Waals surface area (Å²) >= 11 is 0. The summed E-state index contributed by atoms with van der Waals surface area (Å²) in [4.78, 5) is 29.1. The highest BCUT2D eigenvalue weighted by atomic mass is 16.4. The molecule has 0 bridgehead atoms. The van der Waals surface area contributed by atoms with Crippen molar-refractivity contribution in [1.29, 1.82) is 0 Å². The van der Waals surface area contributed by atoms with Crippen LogP contribution < -0.4 is 10.2 Å². The lowest BCUT2D eigenvalue weighted by Crippen LogP contribution is -2.38. The number of nitrogens with one attached hydrogen (secondary N) is 1. The Morgan fingerprint density at radius 2 is 2.05 bits per heavy atom. The number of hydrogen-bond acceptors (Lipinski definition) is 4. The van der Waals surface area contributed by atoms with Crippen molar-refractivity contribution in [1.82, 2.24) is 10.3 Å². The number of carbonyl (C=O) groups excluding carboxylic acids is 1. The van der Waals surface area contributed by atoms with Gasteiger partial charge in [-0.05, 0) is 37.8 Å². The first-order valence-corrected chi connectivity index (χ1v) is 7.22. The molecule has 0 aromatic carbocycles. The van der Waals surface area contributed by atoms with Crippen LogP contribution in [-0.4, -0.2) is 41.1 Å². The Morgan fingerprint density at radius 1 is 1.38 bits per heavy atom. The minimum Gasteiger partial charge on any atom is -0.480 e. The second-order valence-corrected chi connectivity index (χ2v) is 5.61. The summed E-state index contributed by atoms with van der Waals surface area (Å²) in [6.07, 6.45) is 3.80. The first-order valence-electron chi connectivity index (χ1n) is 7.22. The second kappa shape index (κ2) is 6.56. The van der Waals surface area contributed by atoms with Gasteiger partial charge in [0.25, 0.3) is 5.91 Å². The third-order valence-corrected chi connectivity index (χ3v) is 3.84. The van der Waals surface area contributed by atoms with E-state index in [0.717, 1.165) is 37.7 Å². The van der Waals surface area contributed by atoms with Gasteiger partial charge in [-0.15, -0.1) is 0 Å². The van der Waals surface area contributed by atoms with Crippen LogP contribution in [0.15, 0.2) is 18.3 Å². The third kappa shape index (κ3) is 3.93. The van der Waals surface area contributed by atoms with Crippen LogP contribution in [0.4, 0.5) is 5.82 Å². The van der Waals surface area contributed by atoms with E-state index in [-0.39, 0.29) is 0 Å². The number of pyridine rings is 1. The van der Waals surface area contributed by atoms with Crippen LogP contribution in [0, 0.1) is 5.92 Å². The van der Waals surface area contributed by atoms with Crippen molar-refractivity contribution in [2.75, 3.05) is 18.0 Å². The zero-order chi connectivity index (χ0) is 15.4. The minimum atomic E-state index is -1.06. The Balaban J connectivity index is 1.98. The minimum absolute atomic E-state index is 0.372. The summed E-state index contributed by atoms with van der Waals surface area (Å²) in [5.41, 5.74) is 0.372.